The van der Waals surface area contributed by atoms with Gasteiger partial charge in [-0.3, -0.25) is 0 Å². The van der Waals surface area contributed by atoms with Crippen molar-refractivity contribution < 1.29 is 27.1 Å². The summed E-state index contributed by atoms with van der Waals surface area (Å²) in [4.78, 5) is 11.9. The number of ether oxygens (including phenoxy) is 2. The highest BCUT2D eigenvalue weighted by Crippen LogP contribution is 2.15. The molecule has 7 nitrogen and oxygen atoms in total. The number of hydrogen-bond acceptors (Lipinski definition) is 6. The van der Waals surface area contributed by atoms with E-state index in [1.807, 2.05) is 6.07 Å². The number of nitrogens with one attached hydrogen (secondary N) is 1. The SMILES string of the molecule is N#CCCNS(=O)(=O)c1ccc(C(=O)OCCOc2ccccc2F)cc1. The van der Waals surface area contributed by atoms with E-state index in [1.165, 1.54) is 42.5 Å². The Bertz CT molecular complexity index is 924. The van der Waals surface area contributed by atoms with E-state index in [4.69, 9.17) is 14.7 Å². The number of carbonyl (C=O) groups is 1. The monoisotopic (exact) mass is 392 g/mol. The minimum atomic E-state index is -3.74. The van der Waals surface area contributed by atoms with Crippen molar-refractivity contribution in [2.24, 2.45) is 0 Å². The number of carbonyl (C=O) groups excluding carboxylic acids is 1. The first-order chi connectivity index (χ1) is 12.9. The third kappa shape index (κ3) is 6.06. The van der Waals surface area contributed by atoms with Crippen LogP contribution in [0.4, 0.5) is 4.39 Å². The van der Waals surface area contributed by atoms with Gasteiger partial charge in [0.25, 0.3) is 0 Å². The summed E-state index contributed by atoms with van der Waals surface area (Å²) in [6.07, 6.45) is 0.0542. The highest BCUT2D eigenvalue weighted by Gasteiger charge is 2.15. The number of benzene rings is 2. The van der Waals surface area contributed by atoms with Gasteiger partial charge < -0.3 is 9.47 Å². The number of sulfonamides is 1. The molecule has 0 radical (unpaired) electrons. The Morgan fingerprint density at radius 3 is 2.48 bits per heavy atom. The van der Waals surface area contributed by atoms with Crippen LogP contribution in [0.3, 0.4) is 0 Å². The molecule has 0 aliphatic carbocycles. The van der Waals surface area contributed by atoms with Crippen LogP contribution in [0.1, 0.15) is 16.8 Å². The molecule has 0 aromatic heterocycles. The zero-order chi connectivity index (χ0) is 19.7. The Balaban J connectivity index is 1.85. The summed E-state index contributed by atoms with van der Waals surface area (Å²) in [7, 11) is -3.74. The molecular weight excluding hydrogens is 375 g/mol. The molecule has 27 heavy (non-hydrogen) atoms. The third-order valence-electron chi connectivity index (χ3n) is 3.34. The highest BCUT2D eigenvalue weighted by atomic mass is 32.2. The molecule has 0 spiro atoms. The van der Waals surface area contributed by atoms with Gasteiger partial charge in [0.05, 0.1) is 16.5 Å². The average Bonchev–Trinajstić information content (AvgIpc) is 2.66. The number of halogens is 1. The van der Waals surface area contributed by atoms with Gasteiger partial charge in [-0.25, -0.2) is 22.3 Å². The zero-order valence-electron chi connectivity index (χ0n) is 14.2. The molecule has 2 aromatic rings. The van der Waals surface area contributed by atoms with Crippen LogP contribution in [-0.2, 0) is 14.8 Å². The van der Waals surface area contributed by atoms with Crippen LogP contribution in [0.25, 0.3) is 0 Å². The van der Waals surface area contributed by atoms with Gasteiger partial charge in [-0.05, 0) is 36.4 Å². The van der Waals surface area contributed by atoms with Gasteiger partial charge in [0.2, 0.25) is 10.0 Å². The summed E-state index contributed by atoms with van der Waals surface area (Å²) in [5.74, 6) is -1.11. The first kappa shape index (κ1) is 20.4. The Kier molecular flexibility index (Phi) is 7.28. The second kappa shape index (κ2) is 9.66. The molecule has 1 N–H and O–H groups in total. The van der Waals surface area contributed by atoms with Gasteiger partial charge in [-0.1, -0.05) is 12.1 Å². The zero-order valence-corrected chi connectivity index (χ0v) is 15.0. The summed E-state index contributed by atoms with van der Waals surface area (Å²) in [5, 5.41) is 8.43. The lowest BCUT2D eigenvalue weighted by atomic mass is 10.2. The van der Waals surface area contributed by atoms with Gasteiger partial charge in [0, 0.05) is 13.0 Å². The maximum absolute atomic E-state index is 13.4. The Morgan fingerprint density at radius 1 is 1.11 bits per heavy atom. The van der Waals surface area contributed by atoms with Crippen molar-refractivity contribution in [1.29, 1.82) is 5.26 Å². The topological polar surface area (TPSA) is 105 Å². The fourth-order valence-corrected chi connectivity index (χ4v) is 3.06. The van der Waals surface area contributed by atoms with E-state index in [-0.39, 0.29) is 42.4 Å². The first-order valence-electron chi connectivity index (χ1n) is 7.95. The quantitative estimate of drug-likeness (QED) is 0.518. The summed E-state index contributed by atoms with van der Waals surface area (Å²) in [5.41, 5.74) is 0.164. The average molecular weight is 392 g/mol. The number of hydrogen-bond donors (Lipinski definition) is 1. The van der Waals surface area contributed by atoms with Gasteiger partial charge in [0.1, 0.15) is 13.2 Å². The van der Waals surface area contributed by atoms with Crippen molar-refractivity contribution >= 4 is 16.0 Å². The van der Waals surface area contributed by atoms with Crippen LogP contribution in [0, 0.1) is 17.1 Å². The summed E-state index contributed by atoms with van der Waals surface area (Å²) in [6.45, 7) is -0.116. The summed E-state index contributed by atoms with van der Waals surface area (Å²) < 4.78 is 49.8. The van der Waals surface area contributed by atoms with Crippen LogP contribution in [-0.4, -0.2) is 34.1 Å². The lowest BCUT2D eigenvalue weighted by molar-refractivity contribution is 0.0448. The molecular formula is C18H17FN2O5S. The number of rotatable bonds is 9. The Morgan fingerprint density at radius 2 is 1.81 bits per heavy atom. The fourth-order valence-electron chi connectivity index (χ4n) is 2.03. The molecule has 0 unspecified atom stereocenters. The summed E-state index contributed by atoms with van der Waals surface area (Å²) >= 11 is 0. The van der Waals surface area contributed by atoms with Crippen molar-refractivity contribution in [1.82, 2.24) is 4.72 Å². The second-order valence-corrected chi connectivity index (χ2v) is 7.01. The lowest BCUT2D eigenvalue weighted by Gasteiger charge is -2.09. The van der Waals surface area contributed by atoms with E-state index in [0.29, 0.717) is 0 Å². The molecule has 9 heteroatoms. The van der Waals surface area contributed by atoms with E-state index < -0.39 is 21.8 Å². The lowest BCUT2D eigenvalue weighted by Crippen LogP contribution is -2.24. The molecule has 0 fully saturated rings. The highest BCUT2D eigenvalue weighted by molar-refractivity contribution is 7.89. The van der Waals surface area contributed by atoms with Gasteiger partial charge in [-0.2, -0.15) is 5.26 Å². The predicted octanol–water partition coefficient (Wildman–Crippen LogP) is 2.25. The molecule has 0 amide bonds. The smallest absolute Gasteiger partial charge is 0.338 e. The minimum absolute atomic E-state index is 0.00460. The molecule has 142 valence electrons. The standard InChI is InChI=1S/C18H17FN2O5S/c19-16-4-1-2-5-17(16)25-12-13-26-18(22)14-6-8-15(9-7-14)27(23,24)21-11-3-10-20/h1-2,4-9,21H,3,11-13H2. The van der Waals surface area contributed by atoms with Crippen LogP contribution >= 0.6 is 0 Å². The van der Waals surface area contributed by atoms with Crippen molar-refractivity contribution in [3.8, 4) is 11.8 Å². The molecule has 0 aliphatic rings. The molecule has 2 aromatic carbocycles. The summed E-state index contributed by atoms with van der Waals surface area (Å²) in [6, 6.07) is 12.9. The number of nitriles is 1. The van der Waals surface area contributed by atoms with Crippen molar-refractivity contribution in [2.45, 2.75) is 11.3 Å². The molecule has 0 bridgehead atoms. The fraction of sp³-hybridized carbons (Fsp3) is 0.222. The Labute approximate surface area is 156 Å². The first-order valence-corrected chi connectivity index (χ1v) is 9.43. The van der Waals surface area contributed by atoms with Crippen LogP contribution < -0.4 is 9.46 Å². The molecule has 0 saturated heterocycles. The third-order valence-corrected chi connectivity index (χ3v) is 4.82. The van der Waals surface area contributed by atoms with E-state index in [2.05, 4.69) is 4.72 Å². The van der Waals surface area contributed by atoms with E-state index in [0.717, 1.165) is 0 Å². The second-order valence-electron chi connectivity index (χ2n) is 5.25. The van der Waals surface area contributed by atoms with Gasteiger partial charge >= 0.3 is 5.97 Å². The van der Waals surface area contributed by atoms with Gasteiger partial charge in [0.15, 0.2) is 11.6 Å². The largest absolute Gasteiger partial charge is 0.487 e. The molecule has 0 aliphatic heterocycles. The van der Waals surface area contributed by atoms with Gasteiger partial charge in [-0.15, -0.1) is 0 Å². The Hall–Kier alpha value is -2.96. The maximum atomic E-state index is 13.4. The van der Waals surface area contributed by atoms with Crippen molar-refractivity contribution in [2.75, 3.05) is 19.8 Å². The molecule has 0 atom stereocenters. The molecule has 0 saturated carbocycles. The number of esters is 1. The predicted molar refractivity (Wildman–Crippen MR) is 94.0 cm³/mol. The maximum Gasteiger partial charge on any atom is 0.338 e. The van der Waals surface area contributed by atoms with E-state index in [9.17, 15) is 17.6 Å². The van der Waals surface area contributed by atoms with E-state index in [1.54, 1.807) is 6.07 Å². The number of para-hydroxylation sites is 1. The van der Waals surface area contributed by atoms with E-state index >= 15 is 0 Å². The van der Waals surface area contributed by atoms with Crippen molar-refractivity contribution in [3.63, 3.8) is 0 Å². The molecule has 0 heterocycles. The molecule has 2 rings (SSSR count). The van der Waals surface area contributed by atoms with Crippen molar-refractivity contribution in [3.05, 3.63) is 59.9 Å². The minimum Gasteiger partial charge on any atom is -0.487 e. The number of nitrogens with zero attached hydrogens (tertiary/aromatic N) is 1. The van der Waals surface area contributed by atoms with Crippen LogP contribution in [0.5, 0.6) is 5.75 Å². The van der Waals surface area contributed by atoms with Crippen LogP contribution in [0.15, 0.2) is 53.4 Å². The normalized spacial score (nSPS) is 10.8. The van der Waals surface area contributed by atoms with Crippen LogP contribution in [0.2, 0.25) is 0 Å².